The topological polar surface area (TPSA) is 29.1 Å². The van der Waals surface area contributed by atoms with Crippen LogP contribution in [0.25, 0.3) is 0 Å². The van der Waals surface area contributed by atoms with E-state index in [0.717, 1.165) is 18.5 Å². The van der Waals surface area contributed by atoms with Gasteiger partial charge in [0.05, 0.1) is 0 Å². The molecule has 0 spiro atoms. The van der Waals surface area contributed by atoms with Gasteiger partial charge in [0, 0.05) is 0 Å². The average molecular weight is 414 g/mol. The van der Waals surface area contributed by atoms with Gasteiger partial charge in [-0.2, -0.15) is 0 Å². The second-order valence-electron chi connectivity index (χ2n) is 7.36. The second-order valence-corrected chi connectivity index (χ2v) is 20.2. The van der Waals surface area contributed by atoms with Gasteiger partial charge < -0.3 is 0 Å². The Hall–Kier alpha value is 0.00870. The van der Waals surface area contributed by atoms with Crippen molar-refractivity contribution in [3.63, 3.8) is 0 Å². The van der Waals surface area contributed by atoms with Crippen LogP contribution in [-0.2, 0) is 4.79 Å². The van der Waals surface area contributed by atoms with Crippen LogP contribution in [0.3, 0.4) is 0 Å². The summed E-state index contributed by atoms with van der Waals surface area (Å²) in [5.41, 5.74) is 1.15. The number of rotatable bonds is 10. The molecule has 1 fully saturated rings. The first-order valence-electron chi connectivity index (χ1n) is 9.56. The summed E-state index contributed by atoms with van der Waals surface area (Å²) in [4.78, 5) is 12.3. The van der Waals surface area contributed by atoms with Crippen molar-refractivity contribution in [1.29, 1.82) is 0 Å². The molecule has 1 rings (SSSR count). The van der Waals surface area contributed by atoms with Crippen LogP contribution in [0.1, 0.15) is 72.6 Å². The molecule has 0 saturated carbocycles. The van der Waals surface area contributed by atoms with E-state index in [2.05, 4.69) is 37.1 Å². The van der Waals surface area contributed by atoms with Gasteiger partial charge in [-0.1, -0.05) is 0 Å². The van der Waals surface area contributed by atoms with Crippen molar-refractivity contribution in [3.05, 3.63) is 9.67 Å². The third-order valence-electron chi connectivity index (χ3n) is 5.04. The summed E-state index contributed by atoms with van der Waals surface area (Å²) < 4.78 is 6.98. The number of carbonyl (C=O) groups excluding carboxylic acids is 1. The van der Waals surface area contributed by atoms with E-state index in [1.54, 1.807) is 0 Å². The van der Waals surface area contributed by atoms with Crippen molar-refractivity contribution in [1.82, 2.24) is 5.32 Å². The zero-order valence-corrected chi connectivity index (χ0v) is 18.2. The van der Waals surface area contributed by atoms with Crippen molar-refractivity contribution in [2.45, 2.75) is 86.0 Å². The van der Waals surface area contributed by atoms with E-state index in [-0.39, 0.29) is 5.91 Å². The Kier molecular flexibility index (Phi) is 9.77. The zero-order chi connectivity index (χ0) is 16.4. The number of nitrogens with one attached hydrogen (secondary N) is 1. The van der Waals surface area contributed by atoms with Crippen LogP contribution in [0.2, 0.25) is 13.3 Å². The Balaban J connectivity index is 2.99. The van der Waals surface area contributed by atoms with Gasteiger partial charge in [-0.15, -0.1) is 0 Å². The number of piperidine rings is 1. The summed E-state index contributed by atoms with van der Waals surface area (Å²) in [6.07, 6.45) is 8.99. The van der Waals surface area contributed by atoms with E-state index >= 15 is 0 Å². The van der Waals surface area contributed by atoms with Gasteiger partial charge in [0.25, 0.3) is 0 Å². The van der Waals surface area contributed by atoms with E-state index in [1.807, 2.05) is 0 Å². The fourth-order valence-corrected chi connectivity index (χ4v) is 18.8. The molecule has 22 heavy (non-hydrogen) atoms. The molecule has 2 nitrogen and oxygen atoms in total. The van der Waals surface area contributed by atoms with Gasteiger partial charge in [-0.25, -0.2) is 0 Å². The summed E-state index contributed by atoms with van der Waals surface area (Å²) in [6, 6.07) is 0. The van der Waals surface area contributed by atoms with Gasteiger partial charge >= 0.3 is 142 Å². The molecule has 1 atom stereocenters. The van der Waals surface area contributed by atoms with Crippen molar-refractivity contribution >= 4 is 24.3 Å². The van der Waals surface area contributed by atoms with Crippen molar-refractivity contribution in [2.75, 3.05) is 6.54 Å². The molecule has 1 unspecified atom stereocenters. The van der Waals surface area contributed by atoms with Gasteiger partial charge in [0.2, 0.25) is 0 Å². The van der Waals surface area contributed by atoms with Crippen LogP contribution in [-0.4, -0.2) is 30.8 Å². The molecule has 0 aromatic rings. The summed E-state index contributed by atoms with van der Waals surface area (Å²) in [5.74, 6) is 0.847. The molecule has 0 aromatic heterocycles. The minimum atomic E-state index is -2.31. The molecule has 3 heteroatoms. The van der Waals surface area contributed by atoms with E-state index in [9.17, 15) is 4.79 Å². The molecule has 0 bridgehead atoms. The Labute approximate surface area is 142 Å². The first-order chi connectivity index (χ1) is 10.6. The number of amides is 1. The fourth-order valence-electron chi connectivity index (χ4n) is 3.59. The number of unbranched alkanes of at least 4 members (excludes halogenated alkanes) is 3. The predicted molar refractivity (Wildman–Crippen MR) is 99.8 cm³/mol. The quantitative estimate of drug-likeness (QED) is 0.374. The maximum atomic E-state index is 12.3. The molecule has 0 aliphatic carbocycles. The van der Waals surface area contributed by atoms with E-state index < -0.39 is 18.4 Å². The average Bonchev–Trinajstić information content (AvgIpc) is 2.52. The normalized spacial score (nSPS) is 21.2. The monoisotopic (exact) mass is 415 g/mol. The SMILES string of the molecule is CCC[CH2][Sn](/[CH]=C1/CC(C)CNC1=O)([CH2]CCC)[CH2]CCC. The number of hydrogen-bond donors (Lipinski definition) is 1. The molecule has 1 heterocycles. The van der Waals surface area contributed by atoms with E-state index in [1.165, 1.54) is 51.8 Å². The summed E-state index contributed by atoms with van der Waals surface area (Å²) in [5, 5.41) is 3.10. The summed E-state index contributed by atoms with van der Waals surface area (Å²) in [7, 11) is 0. The molecule has 1 N–H and O–H groups in total. The second kappa shape index (κ2) is 10.7. The minimum absolute atomic E-state index is 0.240. The van der Waals surface area contributed by atoms with Crippen LogP contribution in [0.5, 0.6) is 0 Å². The Bertz CT molecular complexity index is 343. The van der Waals surface area contributed by atoms with Crippen LogP contribution in [0.4, 0.5) is 0 Å². The zero-order valence-electron chi connectivity index (χ0n) is 15.3. The predicted octanol–water partition coefficient (Wildman–Crippen LogP) is 5.46. The van der Waals surface area contributed by atoms with Crippen molar-refractivity contribution in [3.8, 4) is 0 Å². The third kappa shape index (κ3) is 6.64. The molecule has 0 radical (unpaired) electrons. The van der Waals surface area contributed by atoms with Gasteiger partial charge in [0.15, 0.2) is 0 Å². The summed E-state index contributed by atoms with van der Waals surface area (Å²) in [6.45, 7) is 10.0. The number of hydrogen-bond acceptors (Lipinski definition) is 1. The standard InChI is InChI=1S/C7H10NO.3C4H9.Sn/c1-5-3-6(2)7(9)8-4-5;3*1-3-4-2;/h2,5H,3-4H2,1H3,(H,8,9);3*1,3-4H2,2H3;. The Morgan fingerprint density at radius 2 is 1.55 bits per heavy atom. The van der Waals surface area contributed by atoms with Crippen molar-refractivity contribution < 1.29 is 4.79 Å². The Morgan fingerprint density at radius 1 is 1.05 bits per heavy atom. The molecule has 1 saturated heterocycles. The van der Waals surface area contributed by atoms with Crippen LogP contribution in [0.15, 0.2) is 9.67 Å². The first kappa shape index (κ1) is 20.1. The van der Waals surface area contributed by atoms with Gasteiger partial charge in [0.1, 0.15) is 0 Å². The molecule has 1 aliphatic rings. The first-order valence-corrected chi connectivity index (χ1v) is 17.3. The third-order valence-corrected chi connectivity index (χ3v) is 19.3. The van der Waals surface area contributed by atoms with E-state index in [4.69, 9.17) is 0 Å². The molecule has 128 valence electrons. The van der Waals surface area contributed by atoms with Crippen LogP contribution < -0.4 is 5.32 Å². The van der Waals surface area contributed by atoms with Gasteiger partial charge in [-0.05, 0) is 0 Å². The molecular weight excluding hydrogens is 377 g/mol. The Morgan fingerprint density at radius 3 is 2.00 bits per heavy atom. The molecular formula is C19H37NOSn. The summed E-state index contributed by atoms with van der Waals surface area (Å²) >= 11 is -2.31. The van der Waals surface area contributed by atoms with Gasteiger partial charge in [-0.3, -0.25) is 0 Å². The molecule has 0 aromatic carbocycles. The fraction of sp³-hybridized carbons (Fsp3) is 0.842. The van der Waals surface area contributed by atoms with Crippen LogP contribution in [0, 0.1) is 5.92 Å². The maximum absolute atomic E-state index is 12.3. The molecule has 1 aliphatic heterocycles. The number of carbonyl (C=O) groups is 1. The van der Waals surface area contributed by atoms with Crippen molar-refractivity contribution in [2.24, 2.45) is 5.92 Å². The van der Waals surface area contributed by atoms with E-state index in [0.29, 0.717) is 5.92 Å². The van der Waals surface area contributed by atoms with Crippen LogP contribution >= 0.6 is 0 Å². The molecule has 1 amide bonds.